The molecule has 1 aliphatic rings. The molecule has 1 aliphatic heterocycles. The molecular formula is C11H12N4O3. The first-order valence-corrected chi connectivity index (χ1v) is 5.42. The Morgan fingerprint density at radius 2 is 2.28 bits per heavy atom. The zero-order valence-corrected chi connectivity index (χ0v) is 9.47. The largest absolute Gasteiger partial charge is 0.352 e. The van der Waals surface area contributed by atoms with Crippen molar-refractivity contribution in [1.82, 2.24) is 20.9 Å². The van der Waals surface area contributed by atoms with Crippen LogP contribution in [0.5, 0.6) is 0 Å². The normalized spacial score (nSPS) is 18.1. The number of nitrogens with one attached hydrogen (secondary N) is 3. The van der Waals surface area contributed by atoms with E-state index in [0.29, 0.717) is 6.54 Å². The molecule has 0 spiro atoms. The van der Waals surface area contributed by atoms with Crippen molar-refractivity contribution in [3.63, 3.8) is 0 Å². The number of rotatable bonds is 4. The van der Waals surface area contributed by atoms with Crippen molar-refractivity contribution in [3.8, 4) is 0 Å². The molecule has 0 saturated carbocycles. The lowest BCUT2D eigenvalue weighted by atomic mass is 10.2. The molecule has 1 atom stereocenters. The van der Waals surface area contributed by atoms with Crippen LogP contribution in [0.25, 0.3) is 0 Å². The second kappa shape index (κ2) is 5.26. The summed E-state index contributed by atoms with van der Waals surface area (Å²) in [4.78, 5) is 37.5. The first-order valence-electron chi connectivity index (χ1n) is 5.42. The number of urea groups is 1. The maximum atomic E-state index is 11.6. The molecule has 7 heteroatoms. The van der Waals surface area contributed by atoms with Gasteiger partial charge in [0, 0.05) is 18.9 Å². The molecule has 0 radical (unpaired) electrons. The molecule has 0 bridgehead atoms. The zero-order valence-electron chi connectivity index (χ0n) is 9.47. The minimum absolute atomic E-state index is 0.0716. The number of amides is 4. The van der Waals surface area contributed by atoms with Crippen LogP contribution < -0.4 is 16.0 Å². The molecule has 0 aliphatic carbocycles. The third-order valence-corrected chi connectivity index (χ3v) is 2.46. The third-order valence-electron chi connectivity index (χ3n) is 2.46. The molecule has 2 heterocycles. The van der Waals surface area contributed by atoms with Crippen LogP contribution in [0.1, 0.15) is 12.0 Å². The summed E-state index contributed by atoms with van der Waals surface area (Å²) in [7, 11) is 0. The van der Waals surface area contributed by atoms with Crippen LogP contribution in [0, 0.1) is 0 Å². The molecule has 1 fully saturated rings. The number of hydrogen-bond acceptors (Lipinski definition) is 4. The summed E-state index contributed by atoms with van der Waals surface area (Å²) in [6.45, 7) is 0.342. The van der Waals surface area contributed by atoms with Gasteiger partial charge >= 0.3 is 6.03 Å². The smallest absolute Gasteiger partial charge is 0.322 e. The molecule has 18 heavy (non-hydrogen) atoms. The van der Waals surface area contributed by atoms with Gasteiger partial charge in [0.25, 0.3) is 5.91 Å². The van der Waals surface area contributed by atoms with E-state index in [1.807, 2.05) is 6.07 Å². The van der Waals surface area contributed by atoms with Crippen LogP contribution in [-0.2, 0) is 16.1 Å². The number of pyridine rings is 1. The van der Waals surface area contributed by atoms with Crippen molar-refractivity contribution < 1.29 is 14.4 Å². The lowest BCUT2D eigenvalue weighted by molar-refractivity contribution is -0.126. The van der Waals surface area contributed by atoms with Crippen molar-refractivity contribution in [2.75, 3.05) is 0 Å². The van der Waals surface area contributed by atoms with Crippen LogP contribution in [0.2, 0.25) is 0 Å². The van der Waals surface area contributed by atoms with Gasteiger partial charge in [0.15, 0.2) is 0 Å². The molecule has 1 aromatic rings. The van der Waals surface area contributed by atoms with Gasteiger partial charge in [-0.2, -0.15) is 0 Å². The van der Waals surface area contributed by atoms with E-state index in [-0.39, 0.29) is 12.3 Å². The average Bonchev–Trinajstić information content (AvgIpc) is 2.67. The van der Waals surface area contributed by atoms with Crippen molar-refractivity contribution in [3.05, 3.63) is 30.1 Å². The van der Waals surface area contributed by atoms with Gasteiger partial charge in [0.05, 0.1) is 6.42 Å². The monoisotopic (exact) mass is 248 g/mol. The highest BCUT2D eigenvalue weighted by Gasteiger charge is 2.30. The Hall–Kier alpha value is -2.44. The fourth-order valence-electron chi connectivity index (χ4n) is 1.56. The number of imide groups is 1. The fraction of sp³-hybridized carbons (Fsp3) is 0.273. The highest BCUT2D eigenvalue weighted by Crippen LogP contribution is 2.00. The highest BCUT2D eigenvalue weighted by molar-refractivity contribution is 6.05. The average molecular weight is 248 g/mol. The number of aromatic nitrogens is 1. The van der Waals surface area contributed by atoms with Crippen LogP contribution in [0.3, 0.4) is 0 Å². The SMILES string of the molecule is O=C(CC1NC(=O)NC1=O)NCc1cccnc1. The Morgan fingerprint density at radius 3 is 2.89 bits per heavy atom. The Labute approximate surface area is 103 Å². The number of carbonyl (C=O) groups is 3. The molecule has 7 nitrogen and oxygen atoms in total. The standard InChI is InChI=1S/C11H12N4O3/c16-9(4-8-10(17)15-11(18)14-8)13-6-7-2-1-3-12-5-7/h1-3,5,8H,4,6H2,(H,13,16)(H2,14,15,17,18). The predicted molar refractivity (Wildman–Crippen MR) is 61.2 cm³/mol. The van der Waals surface area contributed by atoms with Gasteiger partial charge in [-0.05, 0) is 11.6 Å². The lowest BCUT2D eigenvalue weighted by Gasteiger charge is -2.08. The van der Waals surface area contributed by atoms with Gasteiger partial charge < -0.3 is 10.6 Å². The molecule has 0 aromatic carbocycles. The summed E-state index contributed by atoms with van der Waals surface area (Å²) in [5, 5.41) is 7.08. The third kappa shape index (κ3) is 3.03. The van der Waals surface area contributed by atoms with Gasteiger partial charge in [-0.3, -0.25) is 19.9 Å². The minimum atomic E-state index is -0.786. The van der Waals surface area contributed by atoms with E-state index in [0.717, 1.165) is 5.56 Å². The van der Waals surface area contributed by atoms with Gasteiger partial charge in [0.2, 0.25) is 5.91 Å². The van der Waals surface area contributed by atoms with E-state index < -0.39 is 18.0 Å². The van der Waals surface area contributed by atoms with Crippen molar-refractivity contribution >= 4 is 17.8 Å². The molecule has 2 rings (SSSR count). The van der Waals surface area contributed by atoms with Gasteiger partial charge in [-0.15, -0.1) is 0 Å². The highest BCUT2D eigenvalue weighted by atomic mass is 16.2. The molecule has 94 valence electrons. The molecule has 1 aromatic heterocycles. The van der Waals surface area contributed by atoms with Gasteiger partial charge in [0.1, 0.15) is 6.04 Å². The lowest BCUT2D eigenvalue weighted by Crippen LogP contribution is -2.36. The predicted octanol–water partition coefficient (Wildman–Crippen LogP) is -0.704. The zero-order chi connectivity index (χ0) is 13.0. The quantitative estimate of drug-likeness (QED) is 0.613. The van der Waals surface area contributed by atoms with Gasteiger partial charge in [-0.1, -0.05) is 6.07 Å². The second-order valence-corrected chi connectivity index (χ2v) is 3.86. The summed E-state index contributed by atoms with van der Waals surface area (Å²) in [5.41, 5.74) is 0.866. The first-order chi connectivity index (χ1) is 8.65. The molecular weight excluding hydrogens is 236 g/mol. The first kappa shape index (κ1) is 12.0. The Kier molecular flexibility index (Phi) is 3.52. The Bertz CT molecular complexity index is 474. The maximum Gasteiger partial charge on any atom is 0.322 e. The summed E-state index contributed by atoms with van der Waals surface area (Å²) < 4.78 is 0. The van der Waals surface area contributed by atoms with Crippen molar-refractivity contribution in [2.24, 2.45) is 0 Å². The van der Waals surface area contributed by atoms with E-state index in [1.54, 1.807) is 18.5 Å². The minimum Gasteiger partial charge on any atom is -0.352 e. The van der Waals surface area contributed by atoms with Gasteiger partial charge in [-0.25, -0.2) is 4.79 Å². The molecule has 1 unspecified atom stereocenters. The van der Waals surface area contributed by atoms with Crippen LogP contribution in [0.4, 0.5) is 4.79 Å². The van der Waals surface area contributed by atoms with E-state index >= 15 is 0 Å². The summed E-state index contributed by atoms with van der Waals surface area (Å²) in [6, 6.07) is 2.25. The maximum absolute atomic E-state index is 11.6. The van der Waals surface area contributed by atoms with E-state index in [1.165, 1.54) is 0 Å². The number of nitrogens with zero attached hydrogens (tertiary/aromatic N) is 1. The number of hydrogen-bond donors (Lipinski definition) is 3. The molecule has 1 saturated heterocycles. The Balaban J connectivity index is 1.79. The number of carbonyl (C=O) groups excluding carboxylic acids is 3. The molecule has 4 amide bonds. The summed E-state index contributed by atoms with van der Waals surface area (Å²) in [6.07, 6.45) is 3.21. The van der Waals surface area contributed by atoms with Crippen LogP contribution in [-0.4, -0.2) is 28.9 Å². The Morgan fingerprint density at radius 1 is 1.44 bits per heavy atom. The summed E-state index contributed by atoms with van der Waals surface area (Å²) >= 11 is 0. The molecule has 3 N–H and O–H groups in total. The fourth-order valence-corrected chi connectivity index (χ4v) is 1.56. The summed E-state index contributed by atoms with van der Waals surface area (Å²) in [5.74, 6) is -0.780. The van der Waals surface area contributed by atoms with E-state index in [4.69, 9.17) is 0 Å². The van der Waals surface area contributed by atoms with Crippen molar-refractivity contribution in [2.45, 2.75) is 19.0 Å². The van der Waals surface area contributed by atoms with Crippen LogP contribution >= 0.6 is 0 Å². The van der Waals surface area contributed by atoms with E-state index in [9.17, 15) is 14.4 Å². The second-order valence-electron chi connectivity index (χ2n) is 3.86. The van der Waals surface area contributed by atoms with E-state index in [2.05, 4.69) is 20.9 Å². The van der Waals surface area contributed by atoms with Crippen LogP contribution in [0.15, 0.2) is 24.5 Å². The topological polar surface area (TPSA) is 100 Å². The van der Waals surface area contributed by atoms with Crippen molar-refractivity contribution in [1.29, 1.82) is 0 Å².